The predicted molar refractivity (Wildman–Crippen MR) is 130 cm³/mol. The second kappa shape index (κ2) is 12.4. The van der Waals surface area contributed by atoms with Crippen LogP contribution in [0.4, 0.5) is 5.69 Å². The van der Waals surface area contributed by atoms with Gasteiger partial charge in [-0.25, -0.2) is 4.79 Å². The Hall–Kier alpha value is -4.09. The number of carbonyl (C=O) groups is 3. The fourth-order valence-corrected chi connectivity index (χ4v) is 3.47. The zero-order valence-corrected chi connectivity index (χ0v) is 19.8. The van der Waals surface area contributed by atoms with E-state index in [-0.39, 0.29) is 25.1 Å². The molecule has 0 bridgehead atoms. The van der Waals surface area contributed by atoms with Gasteiger partial charge >= 0.3 is 5.97 Å². The van der Waals surface area contributed by atoms with Crippen LogP contribution in [-0.2, 0) is 20.7 Å². The van der Waals surface area contributed by atoms with Gasteiger partial charge in [-0.2, -0.15) is 5.26 Å². The van der Waals surface area contributed by atoms with Crippen LogP contribution in [0.1, 0.15) is 28.1 Å². The molecule has 1 aromatic heterocycles. The quantitative estimate of drug-likeness (QED) is 0.426. The molecular weight excluding hydrogens is 470 g/mol. The van der Waals surface area contributed by atoms with Gasteiger partial charge < -0.3 is 19.4 Å². The standard InChI is InChI=1S/C26H24ClN3O5/c1-18-15-20(10-11-21(18)27)30(13-6-12-28)24(31)17-35-26(33)22(16-19-7-3-2-4-8-19)29-25(32)23-9-5-14-34-23/h2-5,7-11,14-15,22H,6,13,16-17H2,1H3,(H,29,32)/t22-/m0/s1. The van der Waals surface area contributed by atoms with E-state index in [1.165, 1.54) is 17.2 Å². The van der Waals surface area contributed by atoms with Crippen LogP contribution in [0.5, 0.6) is 0 Å². The minimum absolute atomic E-state index is 0.0488. The molecule has 9 heteroatoms. The number of carbonyl (C=O) groups excluding carboxylic acids is 3. The van der Waals surface area contributed by atoms with E-state index < -0.39 is 30.4 Å². The summed E-state index contributed by atoms with van der Waals surface area (Å²) in [6, 6.07) is 18.1. The van der Waals surface area contributed by atoms with Crippen LogP contribution in [0.15, 0.2) is 71.3 Å². The topological polar surface area (TPSA) is 113 Å². The molecule has 1 heterocycles. The Kier molecular flexibility index (Phi) is 9.04. The van der Waals surface area contributed by atoms with Crippen LogP contribution in [0.2, 0.25) is 5.02 Å². The fourth-order valence-electron chi connectivity index (χ4n) is 3.35. The number of aryl methyl sites for hydroxylation is 1. The molecule has 3 aromatic rings. The molecule has 0 aliphatic carbocycles. The SMILES string of the molecule is Cc1cc(N(CCC#N)C(=O)COC(=O)[C@H](Cc2ccccc2)NC(=O)c2ccco2)ccc1Cl. The number of ether oxygens (including phenoxy) is 1. The van der Waals surface area contributed by atoms with E-state index >= 15 is 0 Å². The monoisotopic (exact) mass is 493 g/mol. The number of halogens is 1. The molecule has 1 N–H and O–H groups in total. The zero-order valence-electron chi connectivity index (χ0n) is 19.1. The molecule has 3 rings (SSSR count). The van der Waals surface area contributed by atoms with Crippen molar-refractivity contribution >= 4 is 35.1 Å². The Morgan fingerprint density at radius 1 is 1.14 bits per heavy atom. The van der Waals surface area contributed by atoms with E-state index in [0.29, 0.717) is 10.7 Å². The van der Waals surface area contributed by atoms with Crippen LogP contribution in [-0.4, -0.2) is 37.0 Å². The number of nitrogens with zero attached hydrogens (tertiary/aromatic N) is 2. The van der Waals surface area contributed by atoms with Crippen molar-refractivity contribution in [2.24, 2.45) is 0 Å². The van der Waals surface area contributed by atoms with E-state index in [9.17, 15) is 14.4 Å². The molecule has 0 spiro atoms. The van der Waals surface area contributed by atoms with Crippen molar-refractivity contribution in [1.82, 2.24) is 5.32 Å². The molecule has 35 heavy (non-hydrogen) atoms. The molecular formula is C26H24ClN3O5. The maximum absolute atomic E-state index is 12.9. The molecule has 0 saturated carbocycles. The van der Waals surface area contributed by atoms with E-state index in [4.69, 9.17) is 26.0 Å². The van der Waals surface area contributed by atoms with Crippen molar-refractivity contribution < 1.29 is 23.5 Å². The van der Waals surface area contributed by atoms with E-state index in [1.807, 2.05) is 36.4 Å². The lowest BCUT2D eigenvalue weighted by Gasteiger charge is -2.23. The van der Waals surface area contributed by atoms with Crippen molar-refractivity contribution in [3.8, 4) is 6.07 Å². The maximum atomic E-state index is 12.9. The summed E-state index contributed by atoms with van der Waals surface area (Å²) >= 11 is 6.09. The molecule has 0 aliphatic heterocycles. The molecule has 0 unspecified atom stereocenters. The average Bonchev–Trinajstić information content (AvgIpc) is 3.40. The number of benzene rings is 2. The fraction of sp³-hybridized carbons (Fsp3) is 0.231. The zero-order chi connectivity index (χ0) is 25.2. The Morgan fingerprint density at radius 2 is 1.91 bits per heavy atom. The summed E-state index contributed by atoms with van der Waals surface area (Å²) in [5, 5.41) is 12.1. The summed E-state index contributed by atoms with van der Waals surface area (Å²) in [6.45, 7) is 1.36. The smallest absolute Gasteiger partial charge is 0.329 e. The van der Waals surface area contributed by atoms with Gasteiger partial charge in [0.1, 0.15) is 6.04 Å². The number of amides is 2. The van der Waals surface area contributed by atoms with Crippen molar-refractivity contribution in [2.75, 3.05) is 18.1 Å². The summed E-state index contributed by atoms with van der Waals surface area (Å²) < 4.78 is 10.4. The number of hydrogen-bond acceptors (Lipinski definition) is 6. The summed E-state index contributed by atoms with van der Waals surface area (Å²) in [4.78, 5) is 39.7. The molecule has 0 aliphatic rings. The van der Waals surface area contributed by atoms with E-state index in [0.717, 1.165) is 11.1 Å². The van der Waals surface area contributed by atoms with Gasteiger partial charge in [0.2, 0.25) is 0 Å². The number of nitrogens with one attached hydrogen (secondary N) is 1. The van der Waals surface area contributed by atoms with Crippen molar-refractivity contribution in [2.45, 2.75) is 25.8 Å². The van der Waals surface area contributed by atoms with E-state index in [2.05, 4.69) is 5.32 Å². The first-order valence-corrected chi connectivity index (χ1v) is 11.2. The predicted octanol–water partition coefficient (Wildman–Crippen LogP) is 4.07. The van der Waals surface area contributed by atoms with Crippen LogP contribution in [0, 0.1) is 18.3 Å². The highest BCUT2D eigenvalue weighted by molar-refractivity contribution is 6.31. The summed E-state index contributed by atoms with van der Waals surface area (Å²) in [6.07, 6.45) is 1.61. The van der Waals surface area contributed by atoms with Gasteiger partial charge in [0.25, 0.3) is 11.8 Å². The lowest BCUT2D eigenvalue weighted by atomic mass is 10.1. The number of anilines is 1. The van der Waals surface area contributed by atoms with Gasteiger partial charge in [-0.3, -0.25) is 9.59 Å². The van der Waals surface area contributed by atoms with Crippen LogP contribution in [0.25, 0.3) is 0 Å². The Labute approximate surface area is 208 Å². The molecule has 2 amide bonds. The summed E-state index contributed by atoms with van der Waals surface area (Å²) in [7, 11) is 0. The molecule has 2 aromatic carbocycles. The number of hydrogen-bond donors (Lipinski definition) is 1. The van der Waals surface area contributed by atoms with Gasteiger partial charge in [-0.15, -0.1) is 0 Å². The van der Waals surface area contributed by atoms with Crippen molar-refractivity contribution in [1.29, 1.82) is 5.26 Å². The largest absolute Gasteiger partial charge is 0.459 e. The van der Waals surface area contributed by atoms with Crippen LogP contribution >= 0.6 is 11.6 Å². The number of nitriles is 1. The molecule has 180 valence electrons. The average molecular weight is 494 g/mol. The normalized spacial score (nSPS) is 11.2. The van der Waals surface area contributed by atoms with Crippen molar-refractivity contribution in [3.05, 3.63) is 88.8 Å². The highest BCUT2D eigenvalue weighted by Gasteiger charge is 2.26. The summed E-state index contributed by atoms with van der Waals surface area (Å²) in [5.74, 6) is -1.81. The molecule has 0 radical (unpaired) electrons. The third-order valence-corrected chi connectivity index (χ3v) is 5.58. The van der Waals surface area contributed by atoms with Gasteiger partial charge in [0.05, 0.1) is 18.8 Å². The van der Waals surface area contributed by atoms with Crippen LogP contribution < -0.4 is 10.2 Å². The molecule has 1 atom stereocenters. The third-order valence-electron chi connectivity index (χ3n) is 5.16. The molecule has 0 saturated heterocycles. The third kappa shape index (κ3) is 7.19. The van der Waals surface area contributed by atoms with Gasteiger partial charge in [0, 0.05) is 23.7 Å². The van der Waals surface area contributed by atoms with Crippen LogP contribution in [0.3, 0.4) is 0 Å². The maximum Gasteiger partial charge on any atom is 0.329 e. The Balaban J connectivity index is 1.72. The minimum Gasteiger partial charge on any atom is -0.459 e. The van der Waals surface area contributed by atoms with Gasteiger partial charge in [0.15, 0.2) is 12.4 Å². The first-order valence-electron chi connectivity index (χ1n) is 10.9. The van der Waals surface area contributed by atoms with Gasteiger partial charge in [-0.05, 0) is 48.4 Å². The first kappa shape index (κ1) is 25.5. The number of rotatable bonds is 10. The molecule has 8 nitrogen and oxygen atoms in total. The second-order valence-electron chi connectivity index (χ2n) is 7.69. The lowest BCUT2D eigenvalue weighted by Crippen LogP contribution is -2.44. The first-order chi connectivity index (χ1) is 16.9. The Morgan fingerprint density at radius 3 is 2.57 bits per heavy atom. The molecule has 0 fully saturated rings. The summed E-state index contributed by atoms with van der Waals surface area (Å²) in [5.41, 5.74) is 2.10. The van der Waals surface area contributed by atoms with Crippen molar-refractivity contribution in [3.63, 3.8) is 0 Å². The number of furan rings is 1. The second-order valence-corrected chi connectivity index (χ2v) is 8.09. The lowest BCUT2D eigenvalue weighted by molar-refractivity contribution is -0.149. The highest BCUT2D eigenvalue weighted by Crippen LogP contribution is 2.23. The minimum atomic E-state index is -1.05. The highest BCUT2D eigenvalue weighted by atomic mass is 35.5. The van der Waals surface area contributed by atoms with Gasteiger partial charge in [-0.1, -0.05) is 41.9 Å². The van der Waals surface area contributed by atoms with E-state index in [1.54, 1.807) is 31.2 Å². The Bertz CT molecular complexity index is 1210. The number of esters is 1.